The Morgan fingerprint density at radius 1 is 1.12 bits per heavy atom. The second-order valence-corrected chi connectivity index (χ2v) is 7.56. The van der Waals surface area contributed by atoms with Crippen LogP contribution in [0.15, 0.2) is 6.20 Å². The highest BCUT2D eigenvalue weighted by molar-refractivity contribution is 5.78. The lowest BCUT2D eigenvalue weighted by Gasteiger charge is -2.25. The number of nitrogens with zero attached hydrogens (tertiary/aromatic N) is 2. The summed E-state index contributed by atoms with van der Waals surface area (Å²) in [5.74, 6) is 0.821. The Balaban J connectivity index is 1.34. The van der Waals surface area contributed by atoms with Crippen molar-refractivity contribution in [1.29, 1.82) is 0 Å². The fourth-order valence-corrected chi connectivity index (χ4v) is 4.07. The van der Waals surface area contributed by atoms with Crippen molar-refractivity contribution >= 4 is 5.91 Å². The van der Waals surface area contributed by atoms with E-state index in [4.69, 9.17) is 19.3 Å². The first-order valence-electron chi connectivity index (χ1n) is 9.90. The summed E-state index contributed by atoms with van der Waals surface area (Å²) in [6, 6.07) is 0. The zero-order chi connectivity index (χ0) is 17.8. The molecule has 7 nitrogen and oxygen atoms in total. The predicted octanol–water partition coefficient (Wildman–Crippen LogP) is 1.47. The number of aromatic nitrogens is 2. The molecule has 4 rings (SSSR count). The highest BCUT2D eigenvalue weighted by Gasteiger charge is 2.28. The molecule has 0 saturated carbocycles. The van der Waals surface area contributed by atoms with Crippen molar-refractivity contribution < 1.29 is 19.0 Å². The summed E-state index contributed by atoms with van der Waals surface area (Å²) in [4.78, 5) is 12.4. The van der Waals surface area contributed by atoms with Gasteiger partial charge in [-0.25, -0.2) is 0 Å². The Bertz CT molecular complexity index is 606. The first kappa shape index (κ1) is 17.9. The van der Waals surface area contributed by atoms with Crippen molar-refractivity contribution in [3.63, 3.8) is 0 Å². The number of carbonyl (C=O) groups excluding carboxylic acids is 1. The van der Waals surface area contributed by atoms with E-state index in [0.29, 0.717) is 32.3 Å². The Morgan fingerprint density at radius 2 is 1.85 bits per heavy atom. The summed E-state index contributed by atoms with van der Waals surface area (Å²) in [6.07, 6.45) is 6.74. The van der Waals surface area contributed by atoms with E-state index < -0.39 is 0 Å². The maximum atomic E-state index is 12.4. The van der Waals surface area contributed by atoms with Crippen LogP contribution >= 0.6 is 0 Å². The number of hydrogen-bond acceptors (Lipinski definition) is 5. The number of ether oxygens (including phenoxy) is 3. The average molecular weight is 363 g/mol. The Kier molecular flexibility index (Phi) is 5.87. The van der Waals surface area contributed by atoms with E-state index in [2.05, 4.69) is 16.2 Å². The standard InChI is InChI=1S/C19H29N3O4/c23-19(15-3-8-25-9-4-15)20-11-17-18-16(5-10-26-17)13-22(21-18)12-14-1-6-24-7-2-14/h13-15,17H,1-12H2,(H,20,23)/t17-/m0/s1. The molecule has 0 bridgehead atoms. The van der Waals surface area contributed by atoms with Gasteiger partial charge in [-0.3, -0.25) is 9.48 Å². The van der Waals surface area contributed by atoms with Crippen molar-refractivity contribution in [2.45, 2.75) is 44.8 Å². The van der Waals surface area contributed by atoms with Gasteiger partial charge in [-0.1, -0.05) is 0 Å². The zero-order valence-corrected chi connectivity index (χ0v) is 15.3. The lowest BCUT2D eigenvalue weighted by Crippen LogP contribution is -2.37. The van der Waals surface area contributed by atoms with Crippen LogP contribution in [0, 0.1) is 11.8 Å². The molecule has 1 aromatic rings. The number of carbonyl (C=O) groups is 1. The largest absolute Gasteiger partial charge is 0.381 e. The van der Waals surface area contributed by atoms with Crippen LogP contribution in [-0.2, 0) is 32.0 Å². The van der Waals surface area contributed by atoms with Crippen LogP contribution in [0.5, 0.6) is 0 Å². The second-order valence-electron chi connectivity index (χ2n) is 7.56. The summed E-state index contributed by atoms with van der Waals surface area (Å²) >= 11 is 0. The topological polar surface area (TPSA) is 74.6 Å². The minimum absolute atomic E-state index is 0.0675. The smallest absolute Gasteiger partial charge is 0.223 e. The lowest BCUT2D eigenvalue weighted by atomic mass is 9.99. The van der Waals surface area contributed by atoms with Gasteiger partial charge in [0.05, 0.1) is 12.3 Å². The van der Waals surface area contributed by atoms with E-state index in [1.54, 1.807) is 0 Å². The van der Waals surface area contributed by atoms with Crippen molar-refractivity contribution in [2.24, 2.45) is 11.8 Å². The molecule has 4 heterocycles. The van der Waals surface area contributed by atoms with Crippen molar-refractivity contribution in [2.75, 3.05) is 39.6 Å². The third-order valence-corrected chi connectivity index (χ3v) is 5.71. The minimum Gasteiger partial charge on any atom is -0.381 e. The molecule has 2 saturated heterocycles. The minimum atomic E-state index is -0.140. The van der Waals surface area contributed by atoms with Crippen molar-refractivity contribution in [1.82, 2.24) is 15.1 Å². The highest BCUT2D eigenvalue weighted by atomic mass is 16.5. The van der Waals surface area contributed by atoms with Crippen LogP contribution in [0.4, 0.5) is 0 Å². The molecule has 3 aliphatic heterocycles. The lowest BCUT2D eigenvalue weighted by molar-refractivity contribution is -0.128. The molecular formula is C19H29N3O4. The molecule has 1 N–H and O–H groups in total. The first-order chi connectivity index (χ1) is 12.8. The number of nitrogens with one attached hydrogen (secondary N) is 1. The summed E-state index contributed by atoms with van der Waals surface area (Å²) in [6.45, 7) is 5.20. The van der Waals surface area contributed by atoms with Gasteiger partial charge in [0.1, 0.15) is 6.10 Å². The molecule has 1 atom stereocenters. The highest BCUT2D eigenvalue weighted by Crippen LogP contribution is 2.27. The van der Waals surface area contributed by atoms with Gasteiger partial charge in [0.2, 0.25) is 5.91 Å². The molecule has 0 unspecified atom stereocenters. The molecule has 0 aliphatic carbocycles. The van der Waals surface area contributed by atoms with Crippen molar-refractivity contribution in [3.8, 4) is 0 Å². The Labute approximate surface area is 154 Å². The maximum absolute atomic E-state index is 12.4. The molecule has 0 radical (unpaired) electrons. The van der Waals surface area contributed by atoms with Crippen LogP contribution in [0.3, 0.4) is 0 Å². The van der Waals surface area contributed by atoms with Crippen LogP contribution in [-0.4, -0.2) is 55.3 Å². The fraction of sp³-hybridized carbons (Fsp3) is 0.789. The van der Waals surface area contributed by atoms with E-state index in [1.165, 1.54) is 5.56 Å². The van der Waals surface area contributed by atoms with E-state index in [9.17, 15) is 4.79 Å². The number of rotatable bonds is 5. The quantitative estimate of drug-likeness (QED) is 0.857. The van der Waals surface area contributed by atoms with Gasteiger partial charge in [0.15, 0.2) is 0 Å². The van der Waals surface area contributed by atoms with Gasteiger partial charge >= 0.3 is 0 Å². The monoisotopic (exact) mass is 363 g/mol. The summed E-state index contributed by atoms with van der Waals surface area (Å²) in [5.41, 5.74) is 2.25. The SMILES string of the molecule is O=C(NC[C@@H]1OCCc2cn(CC3CCOCC3)nc21)C1CCOCC1. The van der Waals surface area contributed by atoms with E-state index >= 15 is 0 Å². The first-order valence-corrected chi connectivity index (χ1v) is 9.90. The van der Waals surface area contributed by atoms with Crippen LogP contribution in [0.25, 0.3) is 0 Å². The van der Waals surface area contributed by atoms with E-state index in [-0.39, 0.29) is 17.9 Å². The second kappa shape index (κ2) is 8.50. The Hall–Kier alpha value is -1.44. The van der Waals surface area contributed by atoms with Gasteiger partial charge < -0.3 is 19.5 Å². The molecule has 144 valence electrons. The van der Waals surface area contributed by atoms with Gasteiger partial charge in [0, 0.05) is 51.6 Å². The predicted molar refractivity (Wildman–Crippen MR) is 94.7 cm³/mol. The average Bonchev–Trinajstić information content (AvgIpc) is 3.10. The summed E-state index contributed by atoms with van der Waals surface area (Å²) in [5, 5.41) is 7.86. The maximum Gasteiger partial charge on any atom is 0.223 e. The van der Waals surface area contributed by atoms with Crippen molar-refractivity contribution in [3.05, 3.63) is 17.5 Å². The van der Waals surface area contributed by atoms with E-state index in [1.807, 2.05) is 0 Å². The fourth-order valence-electron chi connectivity index (χ4n) is 4.07. The zero-order valence-electron chi connectivity index (χ0n) is 15.3. The van der Waals surface area contributed by atoms with Crippen LogP contribution < -0.4 is 5.32 Å². The molecule has 1 aromatic heterocycles. The number of amides is 1. The van der Waals surface area contributed by atoms with Gasteiger partial charge in [0.25, 0.3) is 0 Å². The van der Waals surface area contributed by atoms with Gasteiger partial charge in [-0.05, 0) is 43.6 Å². The third-order valence-electron chi connectivity index (χ3n) is 5.71. The van der Waals surface area contributed by atoms with Crippen LogP contribution in [0.2, 0.25) is 0 Å². The number of fused-ring (bicyclic) bond motifs is 1. The third kappa shape index (κ3) is 4.27. The summed E-state index contributed by atoms with van der Waals surface area (Å²) in [7, 11) is 0. The molecule has 26 heavy (non-hydrogen) atoms. The Morgan fingerprint density at radius 3 is 2.62 bits per heavy atom. The molecule has 1 amide bonds. The molecule has 7 heteroatoms. The van der Waals surface area contributed by atoms with E-state index in [0.717, 1.165) is 57.6 Å². The molecule has 2 fully saturated rings. The molecule has 0 spiro atoms. The molecule has 0 aromatic carbocycles. The molecular weight excluding hydrogens is 334 g/mol. The van der Waals surface area contributed by atoms with Crippen LogP contribution in [0.1, 0.15) is 43.0 Å². The van der Waals surface area contributed by atoms with Gasteiger partial charge in [-0.2, -0.15) is 5.10 Å². The normalized spacial score (nSPS) is 25.0. The number of hydrogen-bond donors (Lipinski definition) is 1. The molecule has 3 aliphatic rings. The van der Waals surface area contributed by atoms with Gasteiger partial charge in [-0.15, -0.1) is 0 Å². The summed E-state index contributed by atoms with van der Waals surface area (Å²) < 4.78 is 18.8.